The van der Waals surface area contributed by atoms with Crippen LogP contribution in [0.2, 0.25) is 0 Å². The van der Waals surface area contributed by atoms with E-state index >= 15 is 0 Å². The number of carbonyl (C=O) groups excluding carboxylic acids is 2. The van der Waals surface area contributed by atoms with Crippen molar-refractivity contribution in [2.45, 2.75) is 19.3 Å². The molecule has 30 heavy (non-hydrogen) atoms. The minimum Gasteiger partial charge on any atom is -0.504 e. The molecule has 4 rings (SSSR count). The molecule has 6 heteroatoms. The van der Waals surface area contributed by atoms with Crippen molar-refractivity contribution in [1.82, 2.24) is 0 Å². The molecule has 1 amide bonds. The molecular weight excluding hydrogens is 383 g/mol. The van der Waals surface area contributed by atoms with Gasteiger partial charge in [-0.1, -0.05) is 32.0 Å². The minimum atomic E-state index is -1.02. The topological polar surface area (TPSA) is 69.6 Å². The number of nitrogens with zero attached hydrogens (tertiary/aromatic N) is 1. The number of rotatable bonds is 4. The molecule has 1 aliphatic rings. The number of halogens is 1. The summed E-state index contributed by atoms with van der Waals surface area (Å²) in [4.78, 5) is 25.6. The number of aromatic hydroxyl groups is 1. The number of phenolic OH excluding ortho intramolecular Hbond substituents is 1. The van der Waals surface area contributed by atoms with Crippen molar-refractivity contribution in [3.05, 3.63) is 83.2 Å². The molecule has 0 saturated carbocycles. The van der Waals surface area contributed by atoms with Gasteiger partial charge < -0.3 is 15.3 Å². The highest BCUT2D eigenvalue weighted by atomic mass is 19.1. The van der Waals surface area contributed by atoms with Crippen LogP contribution >= 0.6 is 0 Å². The fourth-order valence-electron chi connectivity index (χ4n) is 3.85. The molecule has 2 N–H and O–H groups in total. The summed E-state index contributed by atoms with van der Waals surface area (Å²) < 4.78 is 13.7. The number of benzene rings is 3. The maximum atomic E-state index is 13.7. The number of hydrogen-bond donors (Lipinski definition) is 2. The summed E-state index contributed by atoms with van der Waals surface area (Å²) in [7, 11) is 0. The van der Waals surface area contributed by atoms with Gasteiger partial charge in [0.05, 0.1) is 5.56 Å². The fraction of sp³-hybridized carbons (Fsp3) is 0.167. The van der Waals surface area contributed by atoms with Crippen LogP contribution in [0.15, 0.2) is 60.7 Å². The minimum absolute atomic E-state index is 0.0305. The van der Waals surface area contributed by atoms with Crippen molar-refractivity contribution in [1.29, 1.82) is 0 Å². The van der Waals surface area contributed by atoms with E-state index in [4.69, 9.17) is 0 Å². The number of anilines is 3. The lowest BCUT2D eigenvalue weighted by Crippen LogP contribution is -2.24. The van der Waals surface area contributed by atoms with Crippen LogP contribution < -0.4 is 10.2 Å². The van der Waals surface area contributed by atoms with Crippen LogP contribution in [0.25, 0.3) is 0 Å². The van der Waals surface area contributed by atoms with Gasteiger partial charge in [-0.2, -0.15) is 0 Å². The first kappa shape index (κ1) is 19.6. The largest absolute Gasteiger partial charge is 0.504 e. The third-order valence-electron chi connectivity index (χ3n) is 5.40. The highest BCUT2D eigenvalue weighted by Gasteiger charge is 2.35. The zero-order valence-corrected chi connectivity index (χ0v) is 16.6. The first-order valence-electron chi connectivity index (χ1n) is 9.56. The fourth-order valence-corrected chi connectivity index (χ4v) is 3.85. The average Bonchev–Trinajstić information content (AvgIpc) is 3.01. The molecule has 0 bridgehead atoms. The van der Waals surface area contributed by atoms with Crippen LogP contribution in [0.4, 0.5) is 21.5 Å². The van der Waals surface area contributed by atoms with E-state index in [9.17, 15) is 19.1 Å². The van der Waals surface area contributed by atoms with E-state index in [1.807, 2.05) is 24.3 Å². The zero-order valence-electron chi connectivity index (χ0n) is 16.6. The molecule has 0 atom stereocenters. The van der Waals surface area contributed by atoms with Gasteiger partial charge in [0.15, 0.2) is 17.9 Å². The second kappa shape index (κ2) is 7.30. The number of carbonyl (C=O) groups is 2. The Morgan fingerprint density at radius 3 is 2.53 bits per heavy atom. The van der Waals surface area contributed by atoms with Crippen molar-refractivity contribution >= 4 is 29.3 Å². The van der Waals surface area contributed by atoms with Crippen molar-refractivity contribution in [3.63, 3.8) is 0 Å². The summed E-state index contributed by atoms with van der Waals surface area (Å²) in [5.41, 5.74) is 3.71. The summed E-state index contributed by atoms with van der Waals surface area (Å²) in [6, 6.07) is 17.8. The lowest BCUT2D eigenvalue weighted by molar-refractivity contribution is 0.102. The molecule has 5 nitrogen and oxygen atoms in total. The molecule has 0 aliphatic carbocycles. The second-order valence-corrected chi connectivity index (χ2v) is 8.00. The SMILES string of the molecule is CC1(C)CN(c2ccc(NC(=O)c3cc(F)c(O)c(C=O)c3)cc2)c2ccccc21. The summed E-state index contributed by atoms with van der Waals surface area (Å²) in [5.74, 6) is -2.35. The molecular formula is C24H21FN2O3. The summed E-state index contributed by atoms with van der Waals surface area (Å²) in [5, 5.41) is 12.2. The third-order valence-corrected chi connectivity index (χ3v) is 5.40. The number of para-hydroxylation sites is 1. The van der Waals surface area contributed by atoms with Gasteiger partial charge in [0.1, 0.15) is 0 Å². The van der Waals surface area contributed by atoms with E-state index in [1.54, 1.807) is 12.1 Å². The molecule has 152 valence electrons. The number of hydrogen-bond acceptors (Lipinski definition) is 4. The number of aldehydes is 1. The van der Waals surface area contributed by atoms with Crippen LogP contribution in [0.5, 0.6) is 5.75 Å². The maximum absolute atomic E-state index is 13.7. The number of amides is 1. The highest BCUT2D eigenvalue weighted by molar-refractivity contribution is 6.05. The Balaban J connectivity index is 1.55. The van der Waals surface area contributed by atoms with E-state index in [2.05, 4.69) is 36.2 Å². The maximum Gasteiger partial charge on any atom is 0.255 e. The van der Waals surface area contributed by atoms with Gasteiger partial charge >= 0.3 is 0 Å². The van der Waals surface area contributed by atoms with Crippen LogP contribution in [-0.4, -0.2) is 23.8 Å². The van der Waals surface area contributed by atoms with Gasteiger partial charge in [-0.15, -0.1) is 0 Å². The lowest BCUT2D eigenvalue weighted by atomic mass is 9.87. The van der Waals surface area contributed by atoms with Crippen molar-refractivity contribution in [3.8, 4) is 5.75 Å². The first-order chi connectivity index (χ1) is 14.3. The Morgan fingerprint density at radius 1 is 1.13 bits per heavy atom. The van der Waals surface area contributed by atoms with E-state index in [-0.39, 0.29) is 16.5 Å². The van der Waals surface area contributed by atoms with E-state index in [1.165, 1.54) is 11.3 Å². The van der Waals surface area contributed by atoms with Gasteiger partial charge in [-0.25, -0.2) is 4.39 Å². The zero-order chi connectivity index (χ0) is 21.5. The van der Waals surface area contributed by atoms with Crippen LogP contribution in [0, 0.1) is 5.82 Å². The standard InChI is InChI=1S/C24H21FN2O3/c1-24(2)14-27(21-6-4-3-5-19(21)24)18-9-7-17(8-10-18)26-23(30)15-11-16(13-28)22(29)20(25)12-15/h3-13,29H,14H2,1-2H3,(H,26,30). The molecule has 0 fully saturated rings. The summed E-state index contributed by atoms with van der Waals surface area (Å²) in [6.07, 6.45) is 0.305. The summed E-state index contributed by atoms with van der Waals surface area (Å²) in [6.45, 7) is 5.27. The van der Waals surface area contributed by atoms with Gasteiger partial charge in [0.2, 0.25) is 0 Å². The normalized spacial score (nSPS) is 14.3. The highest BCUT2D eigenvalue weighted by Crippen LogP contribution is 2.44. The van der Waals surface area contributed by atoms with E-state index in [0.717, 1.165) is 24.4 Å². The van der Waals surface area contributed by atoms with Crippen LogP contribution in [0.1, 0.15) is 40.1 Å². The number of phenols is 1. The molecule has 0 saturated heterocycles. The lowest BCUT2D eigenvalue weighted by Gasteiger charge is -2.23. The van der Waals surface area contributed by atoms with Gasteiger partial charge in [-0.05, 0) is 48.0 Å². The van der Waals surface area contributed by atoms with Gasteiger partial charge in [-0.3, -0.25) is 9.59 Å². The first-order valence-corrected chi connectivity index (χ1v) is 9.56. The Morgan fingerprint density at radius 2 is 1.83 bits per heavy atom. The number of fused-ring (bicyclic) bond motifs is 1. The smallest absolute Gasteiger partial charge is 0.255 e. The quantitative estimate of drug-likeness (QED) is 0.599. The average molecular weight is 404 g/mol. The second-order valence-electron chi connectivity index (χ2n) is 8.00. The predicted octanol–water partition coefficient (Wildman–Crippen LogP) is 5.03. The van der Waals surface area contributed by atoms with Crippen molar-refractivity contribution in [2.75, 3.05) is 16.8 Å². The molecule has 1 aliphatic heterocycles. The van der Waals surface area contributed by atoms with Gasteiger partial charge in [0, 0.05) is 34.6 Å². The van der Waals surface area contributed by atoms with Crippen molar-refractivity contribution in [2.24, 2.45) is 0 Å². The Bertz CT molecular complexity index is 1140. The Kier molecular flexibility index (Phi) is 4.78. The molecule has 0 unspecified atom stereocenters. The Hall–Kier alpha value is -3.67. The van der Waals surface area contributed by atoms with E-state index in [0.29, 0.717) is 12.0 Å². The Labute approximate surface area is 173 Å². The van der Waals surface area contributed by atoms with Crippen LogP contribution in [0.3, 0.4) is 0 Å². The van der Waals surface area contributed by atoms with Gasteiger partial charge in [0.25, 0.3) is 5.91 Å². The van der Waals surface area contributed by atoms with Crippen molar-refractivity contribution < 1.29 is 19.1 Å². The summed E-state index contributed by atoms with van der Waals surface area (Å²) >= 11 is 0. The molecule has 0 spiro atoms. The van der Waals surface area contributed by atoms with Crippen LogP contribution in [-0.2, 0) is 5.41 Å². The van der Waals surface area contributed by atoms with E-state index < -0.39 is 17.5 Å². The monoisotopic (exact) mass is 404 g/mol. The molecule has 3 aromatic rings. The predicted molar refractivity (Wildman–Crippen MR) is 114 cm³/mol. The molecule has 3 aromatic carbocycles. The molecule has 0 aromatic heterocycles. The number of nitrogens with one attached hydrogen (secondary N) is 1. The molecule has 1 heterocycles. The molecule has 0 radical (unpaired) electrons. The third kappa shape index (κ3) is 3.41.